The van der Waals surface area contributed by atoms with Crippen LogP contribution in [0.3, 0.4) is 0 Å². The van der Waals surface area contributed by atoms with Crippen molar-refractivity contribution in [2.75, 3.05) is 17.1 Å². The molecule has 5 heteroatoms. The van der Waals surface area contributed by atoms with Crippen LogP contribution in [0.5, 0.6) is 0 Å². The van der Waals surface area contributed by atoms with Gasteiger partial charge in [-0.15, -0.1) is 0 Å². The molecule has 2 aromatic rings. The first-order valence-electron chi connectivity index (χ1n) is 5.75. The second-order valence-corrected chi connectivity index (χ2v) is 3.97. The Hall–Kier alpha value is -2.37. The number of carbonyl (C=O) groups excluding carboxylic acids is 1. The Morgan fingerprint density at radius 3 is 2.58 bits per heavy atom. The molecule has 98 valence electrons. The summed E-state index contributed by atoms with van der Waals surface area (Å²) in [6, 6.07) is 15.2. The molecule has 0 spiro atoms. The fourth-order valence-corrected chi connectivity index (χ4v) is 1.64. The molecule has 0 atom stereocenters. The minimum atomic E-state index is -0.218. The summed E-state index contributed by atoms with van der Waals surface area (Å²) in [5.41, 5.74) is 1.33. The number of nitrogens with one attached hydrogen (secondary N) is 1. The van der Waals surface area contributed by atoms with Crippen molar-refractivity contribution in [1.29, 1.82) is 0 Å². The van der Waals surface area contributed by atoms with Gasteiger partial charge in [0.1, 0.15) is 0 Å². The van der Waals surface area contributed by atoms with Crippen molar-refractivity contribution < 1.29 is 10.0 Å². The standard InChI is InChI=1S/C14H13N2O3/c17-14(11-5-2-1-3-6-11)10-15-12-7-4-8-13(9-12)16(18)19/h1-9,15,18H,10H2/q-1. The zero-order chi connectivity index (χ0) is 13.7. The van der Waals surface area contributed by atoms with Crippen molar-refractivity contribution >= 4 is 17.2 Å². The van der Waals surface area contributed by atoms with E-state index in [-0.39, 0.29) is 23.2 Å². The van der Waals surface area contributed by atoms with E-state index in [0.717, 1.165) is 0 Å². The number of ketones is 1. The number of hydrogen-bond acceptors (Lipinski definition) is 5. The highest BCUT2D eigenvalue weighted by atomic mass is 16.8. The Morgan fingerprint density at radius 1 is 1.16 bits per heavy atom. The normalized spacial score (nSPS) is 10.0. The van der Waals surface area contributed by atoms with E-state index >= 15 is 0 Å². The number of carbonyl (C=O) groups is 1. The first-order chi connectivity index (χ1) is 9.16. The molecule has 0 unspecified atom stereocenters. The lowest BCUT2D eigenvalue weighted by atomic mass is 10.1. The molecular weight excluding hydrogens is 244 g/mol. The summed E-state index contributed by atoms with van der Waals surface area (Å²) in [7, 11) is 0. The van der Waals surface area contributed by atoms with Gasteiger partial charge in [-0.1, -0.05) is 36.4 Å². The molecule has 0 saturated carbocycles. The van der Waals surface area contributed by atoms with Gasteiger partial charge in [-0.05, 0) is 18.2 Å². The quantitative estimate of drug-likeness (QED) is 0.636. The van der Waals surface area contributed by atoms with E-state index in [2.05, 4.69) is 5.32 Å². The summed E-state index contributed by atoms with van der Waals surface area (Å²) in [5.74, 6) is -0.0472. The van der Waals surface area contributed by atoms with E-state index in [0.29, 0.717) is 11.3 Å². The molecule has 0 fully saturated rings. The Labute approximate surface area is 110 Å². The summed E-state index contributed by atoms with van der Waals surface area (Å²) in [5, 5.41) is 22.2. The van der Waals surface area contributed by atoms with Crippen molar-refractivity contribution in [1.82, 2.24) is 0 Å². The number of nitrogens with zero attached hydrogens (tertiary/aromatic N) is 1. The molecule has 5 nitrogen and oxygen atoms in total. The van der Waals surface area contributed by atoms with Crippen LogP contribution in [0.2, 0.25) is 0 Å². The molecule has 0 amide bonds. The molecule has 2 rings (SSSR count). The second kappa shape index (κ2) is 5.99. The molecule has 0 aliphatic heterocycles. The SMILES string of the molecule is O=C(CNc1cccc(N([O-])O)c1)c1ccccc1. The van der Waals surface area contributed by atoms with Crippen LogP contribution in [-0.2, 0) is 0 Å². The van der Waals surface area contributed by atoms with Gasteiger partial charge in [0.2, 0.25) is 0 Å². The molecular formula is C14H13N2O3-. The first kappa shape index (κ1) is 13.1. The molecule has 0 heterocycles. The third-order valence-corrected chi connectivity index (χ3v) is 2.62. The van der Waals surface area contributed by atoms with Crippen molar-refractivity contribution in [2.45, 2.75) is 0 Å². The van der Waals surface area contributed by atoms with E-state index < -0.39 is 0 Å². The van der Waals surface area contributed by atoms with Gasteiger partial charge in [0.15, 0.2) is 5.78 Å². The highest BCUT2D eigenvalue weighted by Gasteiger charge is 2.04. The number of hydrogen-bond donors (Lipinski definition) is 2. The minimum Gasteiger partial charge on any atom is -0.733 e. The average Bonchev–Trinajstić information content (AvgIpc) is 2.46. The smallest absolute Gasteiger partial charge is 0.181 e. The largest absolute Gasteiger partial charge is 0.733 e. The fourth-order valence-electron chi connectivity index (χ4n) is 1.64. The number of rotatable bonds is 5. The van der Waals surface area contributed by atoms with Crippen molar-refractivity contribution in [2.24, 2.45) is 0 Å². The zero-order valence-electron chi connectivity index (χ0n) is 10.1. The van der Waals surface area contributed by atoms with Crippen LogP contribution in [0, 0.1) is 5.21 Å². The van der Waals surface area contributed by atoms with Gasteiger partial charge in [0.05, 0.1) is 12.2 Å². The number of anilines is 2. The monoisotopic (exact) mass is 257 g/mol. The molecule has 0 aromatic heterocycles. The Bertz CT molecular complexity index is 556. The third kappa shape index (κ3) is 3.54. The van der Waals surface area contributed by atoms with E-state index in [1.807, 2.05) is 6.07 Å². The summed E-state index contributed by atoms with van der Waals surface area (Å²) in [4.78, 5) is 11.9. The van der Waals surface area contributed by atoms with Gasteiger partial charge in [0, 0.05) is 11.3 Å². The maximum absolute atomic E-state index is 11.9. The zero-order valence-corrected chi connectivity index (χ0v) is 10.1. The Balaban J connectivity index is 1.99. The third-order valence-electron chi connectivity index (χ3n) is 2.62. The molecule has 0 bridgehead atoms. The van der Waals surface area contributed by atoms with Gasteiger partial charge in [0.25, 0.3) is 0 Å². The molecule has 0 aliphatic rings. The summed E-state index contributed by atoms with van der Waals surface area (Å²) in [6.07, 6.45) is 0. The van der Waals surface area contributed by atoms with E-state index in [9.17, 15) is 10.0 Å². The lowest BCUT2D eigenvalue weighted by molar-refractivity contribution is 0.101. The van der Waals surface area contributed by atoms with Crippen molar-refractivity contribution in [3.8, 4) is 0 Å². The predicted octanol–water partition coefficient (Wildman–Crippen LogP) is 2.67. The average molecular weight is 257 g/mol. The van der Waals surface area contributed by atoms with Gasteiger partial charge in [-0.3, -0.25) is 10.0 Å². The molecule has 2 aromatic carbocycles. The van der Waals surface area contributed by atoms with Crippen LogP contribution in [-0.4, -0.2) is 17.5 Å². The topological polar surface area (TPSA) is 75.6 Å². The molecule has 0 radical (unpaired) electrons. The first-order valence-corrected chi connectivity index (χ1v) is 5.75. The minimum absolute atomic E-state index is 0.0472. The van der Waals surface area contributed by atoms with Crippen LogP contribution in [0.25, 0.3) is 0 Å². The van der Waals surface area contributed by atoms with Crippen molar-refractivity contribution in [3.63, 3.8) is 0 Å². The summed E-state index contributed by atoms with van der Waals surface area (Å²) in [6.45, 7) is 0.123. The van der Waals surface area contributed by atoms with Gasteiger partial charge in [-0.25, -0.2) is 0 Å². The Kier molecular flexibility index (Phi) is 4.12. The van der Waals surface area contributed by atoms with Crippen LogP contribution in [0.15, 0.2) is 54.6 Å². The van der Waals surface area contributed by atoms with Crippen molar-refractivity contribution in [3.05, 3.63) is 65.4 Å². The van der Waals surface area contributed by atoms with Gasteiger partial charge < -0.3 is 15.8 Å². The second-order valence-electron chi connectivity index (χ2n) is 3.97. The van der Waals surface area contributed by atoms with Crippen LogP contribution < -0.4 is 10.5 Å². The van der Waals surface area contributed by atoms with Crippen LogP contribution in [0.4, 0.5) is 11.4 Å². The lowest BCUT2D eigenvalue weighted by Crippen LogP contribution is -2.14. The highest BCUT2D eigenvalue weighted by Crippen LogP contribution is 2.17. The predicted molar refractivity (Wildman–Crippen MR) is 73.3 cm³/mol. The van der Waals surface area contributed by atoms with E-state index in [1.165, 1.54) is 12.1 Å². The van der Waals surface area contributed by atoms with Crippen LogP contribution >= 0.6 is 0 Å². The van der Waals surface area contributed by atoms with Gasteiger partial charge in [-0.2, -0.15) is 0 Å². The highest BCUT2D eigenvalue weighted by molar-refractivity contribution is 5.98. The Morgan fingerprint density at radius 2 is 1.89 bits per heavy atom. The van der Waals surface area contributed by atoms with Gasteiger partial charge >= 0.3 is 0 Å². The van der Waals surface area contributed by atoms with E-state index in [1.54, 1.807) is 36.4 Å². The number of benzene rings is 2. The summed E-state index contributed by atoms with van der Waals surface area (Å²) < 4.78 is 0. The summed E-state index contributed by atoms with van der Waals surface area (Å²) >= 11 is 0. The molecule has 0 aliphatic carbocycles. The van der Waals surface area contributed by atoms with Crippen LogP contribution in [0.1, 0.15) is 10.4 Å². The molecule has 0 saturated heterocycles. The number of Topliss-reactive ketones (excluding diaryl/α,β-unsaturated/α-hetero) is 1. The fraction of sp³-hybridized carbons (Fsp3) is 0.0714. The molecule has 2 N–H and O–H groups in total. The maximum Gasteiger partial charge on any atom is 0.181 e. The van der Waals surface area contributed by atoms with E-state index in [4.69, 9.17) is 5.21 Å². The molecule has 19 heavy (non-hydrogen) atoms. The maximum atomic E-state index is 11.9. The lowest BCUT2D eigenvalue weighted by Gasteiger charge is -2.22.